The minimum absolute atomic E-state index is 0.121. The quantitative estimate of drug-likeness (QED) is 0.480. The van der Waals surface area contributed by atoms with E-state index in [2.05, 4.69) is 0 Å². The van der Waals surface area contributed by atoms with Gasteiger partial charge in [0.1, 0.15) is 6.29 Å². The fraction of sp³-hybridized carbons (Fsp3) is 0. The third-order valence-corrected chi connectivity index (χ3v) is 2.37. The van der Waals surface area contributed by atoms with Crippen molar-refractivity contribution in [3.63, 3.8) is 0 Å². The molecule has 0 spiro atoms. The third-order valence-electron chi connectivity index (χ3n) is 2.37. The molecule has 0 N–H and O–H groups in total. The highest BCUT2D eigenvalue weighted by Crippen LogP contribution is 2.32. The highest BCUT2D eigenvalue weighted by molar-refractivity contribution is 5.77. The van der Waals surface area contributed by atoms with Crippen molar-refractivity contribution in [3.05, 3.63) is 64.0 Å². The van der Waals surface area contributed by atoms with E-state index >= 15 is 0 Å². The summed E-state index contributed by atoms with van der Waals surface area (Å²) in [4.78, 5) is 20.8. The lowest BCUT2D eigenvalue weighted by Gasteiger charge is -2.07. The van der Waals surface area contributed by atoms with Crippen LogP contribution in [0, 0.1) is 15.9 Å². The van der Waals surface area contributed by atoms with Gasteiger partial charge in [0, 0.05) is 11.6 Å². The summed E-state index contributed by atoms with van der Waals surface area (Å²) in [7, 11) is 0. The normalized spacial score (nSPS) is 9.95. The molecular weight excluding hydrogens is 253 g/mol. The van der Waals surface area contributed by atoms with Gasteiger partial charge in [0.25, 0.3) is 0 Å². The third kappa shape index (κ3) is 2.74. The summed E-state index contributed by atoms with van der Waals surface area (Å²) in [6.07, 6.45) is 0.486. The van der Waals surface area contributed by atoms with Gasteiger partial charge in [-0.1, -0.05) is 12.1 Å². The lowest BCUT2D eigenvalue weighted by atomic mass is 10.2. The molecule has 0 radical (unpaired) electrons. The van der Waals surface area contributed by atoms with E-state index in [-0.39, 0.29) is 17.1 Å². The van der Waals surface area contributed by atoms with Crippen molar-refractivity contribution in [2.45, 2.75) is 0 Å². The minimum atomic E-state index is -0.691. The van der Waals surface area contributed by atoms with Crippen molar-refractivity contribution in [1.82, 2.24) is 0 Å². The van der Waals surface area contributed by atoms with Gasteiger partial charge >= 0.3 is 5.69 Å². The van der Waals surface area contributed by atoms with E-state index in [0.29, 0.717) is 6.29 Å². The second-order valence-electron chi connectivity index (χ2n) is 3.63. The number of carbonyl (C=O) groups excluding carboxylic acids is 1. The Morgan fingerprint density at radius 2 is 1.89 bits per heavy atom. The summed E-state index contributed by atoms with van der Waals surface area (Å²) in [5, 5.41) is 10.9. The summed E-state index contributed by atoms with van der Waals surface area (Å²) in [6.45, 7) is 0. The maximum atomic E-state index is 13.4. The van der Waals surface area contributed by atoms with Crippen LogP contribution in [-0.4, -0.2) is 11.2 Å². The fourth-order valence-corrected chi connectivity index (χ4v) is 1.48. The van der Waals surface area contributed by atoms with Gasteiger partial charge in [-0.3, -0.25) is 14.9 Å². The first-order chi connectivity index (χ1) is 9.11. The van der Waals surface area contributed by atoms with Crippen molar-refractivity contribution in [3.8, 4) is 11.5 Å². The van der Waals surface area contributed by atoms with Gasteiger partial charge in [-0.2, -0.15) is 0 Å². The van der Waals surface area contributed by atoms with E-state index in [4.69, 9.17) is 4.74 Å². The summed E-state index contributed by atoms with van der Waals surface area (Å²) < 4.78 is 18.6. The monoisotopic (exact) mass is 261 g/mol. The van der Waals surface area contributed by atoms with E-state index in [1.807, 2.05) is 0 Å². The number of hydrogen-bond acceptors (Lipinski definition) is 4. The number of nitro benzene ring substituents is 1. The van der Waals surface area contributed by atoms with Crippen LogP contribution in [0.5, 0.6) is 11.5 Å². The summed E-state index contributed by atoms with van der Waals surface area (Å²) in [5.74, 6) is -0.874. The van der Waals surface area contributed by atoms with E-state index < -0.39 is 16.4 Å². The molecule has 0 aliphatic rings. The topological polar surface area (TPSA) is 69.4 Å². The summed E-state index contributed by atoms with van der Waals surface area (Å²) in [6, 6.07) is 9.25. The molecular formula is C13H8FNO4. The number of nitrogens with zero attached hydrogens (tertiary/aromatic N) is 1. The van der Waals surface area contributed by atoms with Crippen LogP contribution in [0.1, 0.15) is 10.4 Å². The van der Waals surface area contributed by atoms with Crippen molar-refractivity contribution < 1.29 is 18.8 Å². The van der Waals surface area contributed by atoms with Gasteiger partial charge in [0.05, 0.1) is 4.92 Å². The molecule has 0 saturated heterocycles. The molecule has 96 valence electrons. The van der Waals surface area contributed by atoms with Crippen LogP contribution in [0.15, 0.2) is 42.5 Å². The number of hydrogen-bond donors (Lipinski definition) is 0. The molecule has 5 nitrogen and oxygen atoms in total. The Morgan fingerprint density at radius 1 is 1.16 bits per heavy atom. The summed E-state index contributed by atoms with van der Waals surface area (Å²) in [5.41, 5.74) is -0.250. The highest BCUT2D eigenvalue weighted by Gasteiger charge is 2.17. The number of benzene rings is 2. The Morgan fingerprint density at radius 3 is 2.53 bits per heavy atom. The number of ether oxygens (including phenoxy) is 1. The number of nitro groups is 1. The maximum Gasteiger partial charge on any atom is 0.312 e. The first-order valence-electron chi connectivity index (χ1n) is 5.28. The minimum Gasteiger partial charge on any atom is -0.447 e. The number of halogens is 1. The molecule has 2 rings (SSSR count). The van der Waals surface area contributed by atoms with Crippen LogP contribution in [-0.2, 0) is 0 Å². The molecule has 0 fully saturated rings. The maximum absolute atomic E-state index is 13.4. The molecule has 0 saturated carbocycles. The van der Waals surface area contributed by atoms with Crippen LogP contribution in [0.3, 0.4) is 0 Å². The van der Waals surface area contributed by atoms with E-state index in [1.54, 1.807) is 6.07 Å². The standard InChI is InChI=1S/C13H8FNO4/c14-10-3-1-2-4-12(10)19-13-6-5-9(8-16)7-11(13)15(17)18/h1-8H. The van der Waals surface area contributed by atoms with Crippen molar-refractivity contribution in [2.24, 2.45) is 0 Å². The number of para-hydroxylation sites is 1. The lowest BCUT2D eigenvalue weighted by molar-refractivity contribution is -0.385. The van der Waals surface area contributed by atoms with E-state index in [1.165, 1.54) is 30.3 Å². The average Bonchev–Trinajstić information content (AvgIpc) is 2.41. The summed E-state index contributed by atoms with van der Waals surface area (Å²) >= 11 is 0. The van der Waals surface area contributed by atoms with Crippen LogP contribution in [0.2, 0.25) is 0 Å². The second kappa shape index (κ2) is 5.26. The van der Waals surface area contributed by atoms with Crippen LogP contribution in [0.4, 0.5) is 10.1 Å². The first kappa shape index (κ1) is 12.7. The van der Waals surface area contributed by atoms with Crippen molar-refractivity contribution in [1.29, 1.82) is 0 Å². The molecule has 2 aromatic carbocycles. The van der Waals surface area contributed by atoms with Gasteiger partial charge in [-0.05, 0) is 24.3 Å². The van der Waals surface area contributed by atoms with Gasteiger partial charge in [0.15, 0.2) is 11.6 Å². The molecule has 6 heteroatoms. The predicted molar refractivity (Wildman–Crippen MR) is 65.0 cm³/mol. The van der Waals surface area contributed by atoms with Crippen molar-refractivity contribution in [2.75, 3.05) is 0 Å². The van der Waals surface area contributed by atoms with Gasteiger partial charge in [0.2, 0.25) is 5.75 Å². The SMILES string of the molecule is O=Cc1ccc(Oc2ccccc2F)c([N+](=O)[O-])c1. The molecule has 0 aliphatic carbocycles. The van der Waals surface area contributed by atoms with Crippen LogP contribution in [0.25, 0.3) is 0 Å². The Bertz CT molecular complexity index is 642. The number of carbonyl (C=O) groups is 1. The molecule has 0 heterocycles. The lowest BCUT2D eigenvalue weighted by Crippen LogP contribution is -1.96. The molecule has 2 aromatic rings. The smallest absolute Gasteiger partial charge is 0.312 e. The molecule has 0 aliphatic heterocycles. The molecule has 0 aromatic heterocycles. The Balaban J connectivity index is 2.43. The van der Waals surface area contributed by atoms with Crippen molar-refractivity contribution >= 4 is 12.0 Å². The second-order valence-corrected chi connectivity index (χ2v) is 3.63. The Labute approximate surface area is 107 Å². The molecule has 0 unspecified atom stereocenters. The first-order valence-corrected chi connectivity index (χ1v) is 5.28. The Kier molecular flexibility index (Phi) is 3.51. The zero-order chi connectivity index (χ0) is 13.8. The zero-order valence-corrected chi connectivity index (χ0v) is 9.58. The fourth-order valence-electron chi connectivity index (χ4n) is 1.48. The predicted octanol–water partition coefficient (Wildman–Crippen LogP) is 3.34. The van der Waals surface area contributed by atoms with E-state index in [0.717, 1.165) is 6.07 Å². The van der Waals surface area contributed by atoms with Gasteiger partial charge in [-0.15, -0.1) is 0 Å². The largest absolute Gasteiger partial charge is 0.447 e. The highest BCUT2D eigenvalue weighted by atomic mass is 19.1. The molecule has 0 atom stereocenters. The number of aldehydes is 1. The number of rotatable bonds is 4. The zero-order valence-electron chi connectivity index (χ0n) is 9.58. The molecule has 0 amide bonds. The van der Waals surface area contributed by atoms with Crippen LogP contribution >= 0.6 is 0 Å². The van der Waals surface area contributed by atoms with Crippen LogP contribution < -0.4 is 4.74 Å². The molecule has 0 bridgehead atoms. The molecule has 19 heavy (non-hydrogen) atoms. The van der Waals surface area contributed by atoms with Gasteiger partial charge in [-0.25, -0.2) is 4.39 Å². The average molecular weight is 261 g/mol. The van der Waals surface area contributed by atoms with E-state index in [9.17, 15) is 19.3 Å². The van der Waals surface area contributed by atoms with Gasteiger partial charge < -0.3 is 4.74 Å². The Hall–Kier alpha value is -2.76.